The Bertz CT molecular complexity index is 775. The van der Waals surface area contributed by atoms with Gasteiger partial charge in [0.15, 0.2) is 11.5 Å². The minimum atomic E-state index is -0.280. The topological polar surface area (TPSA) is 52.6 Å². The number of rotatable bonds is 5. The fraction of sp³-hybridized carbons (Fsp3) is 0.158. The summed E-state index contributed by atoms with van der Waals surface area (Å²) in [5.74, 6) is 0.123. The van der Waals surface area contributed by atoms with Crippen molar-refractivity contribution in [2.45, 2.75) is 6.42 Å². The summed E-state index contributed by atoms with van der Waals surface area (Å²) >= 11 is 0. The number of hydrogen-bond acceptors (Lipinski definition) is 4. The molecule has 0 N–H and O–H groups in total. The maximum atomic E-state index is 12.1. The van der Waals surface area contributed by atoms with Gasteiger partial charge in [-0.2, -0.15) is 0 Å². The lowest BCUT2D eigenvalue weighted by atomic mass is 9.93. The average molecular weight is 308 g/mol. The van der Waals surface area contributed by atoms with Crippen LogP contribution in [-0.2, 0) is 11.2 Å². The molecule has 0 aliphatic heterocycles. The molecule has 2 aromatic carbocycles. The van der Waals surface area contributed by atoms with Gasteiger partial charge in [-0.3, -0.25) is 9.59 Å². The molecule has 0 unspecified atom stereocenters. The Kier molecular flexibility index (Phi) is 4.24. The van der Waals surface area contributed by atoms with E-state index >= 15 is 0 Å². The molecule has 1 aliphatic carbocycles. The Morgan fingerprint density at radius 2 is 1.74 bits per heavy atom. The smallest absolute Gasteiger partial charge is 0.228 e. The standard InChI is InChI=1S/C19H16O4/c1-22-18-12-17(20)16-11-14(7-8-15(16)19(18)21)23-10-9-13-5-3-2-4-6-13/h2-8,11-12H,9-10H2,1H3. The zero-order chi connectivity index (χ0) is 16.2. The minimum absolute atomic E-state index is 0.0697. The van der Waals surface area contributed by atoms with Crippen LogP contribution in [0.25, 0.3) is 0 Å². The van der Waals surface area contributed by atoms with Gasteiger partial charge in [0, 0.05) is 23.6 Å². The van der Waals surface area contributed by atoms with E-state index in [0.29, 0.717) is 23.5 Å². The maximum Gasteiger partial charge on any atom is 0.228 e. The Hall–Kier alpha value is -2.88. The van der Waals surface area contributed by atoms with Crippen molar-refractivity contribution < 1.29 is 19.1 Å². The Balaban J connectivity index is 1.72. The van der Waals surface area contributed by atoms with Crippen molar-refractivity contribution in [3.63, 3.8) is 0 Å². The van der Waals surface area contributed by atoms with Gasteiger partial charge in [-0.05, 0) is 23.8 Å². The van der Waals surface area contributed by atoms with Gasteiger partial charge in [0.05, 0.1) is 13.7 Å². The first-order valence-electron chi connectivity index (χ1n) is 7.34. The van der Waals surface area contributed by atoms with Crippen LogP contribution in [0.2, 0.25) is 0 Å². The van der Waals surface area contributed by atoms with Gasteiger partial charge >= 0.3 is 0 Å². The van der Waals surface area contributed by atoms with Crippen LogP contribution in [0, 0.1) is 0 Å². The van der Waals surface area contributed by atoms with E-state index in [1.807, 2.05) is 30.3 Å². The molecule has 0 amide bonds. The molecular formula is C19H16O4. The predicted octanol–water partition coefficient (Wildman–Crippen LogP) is 3.22. The first-order valence-corrected chi connectivity index (χ1v) is 7.34. The van der Waals surface area contributed by atoms with Crippen LogP contribution in [-0.4, -0.2) is 25.3 Å². The highest BCUT2D eigenvalue weighted by Gasteiger charge is 2.26. The average Bonchev–Trinajstić information content (AvgIpc) is 2.59. The molecule has 0 bridgehead atoms. The van der Waals surface area contributed by atoms with Crippen LogP contribution >= 0.6 is 0 Å². The highest BCUT2D eigenvalue weighted by molar-refractivity contribution is 6.23. The number of hydrogen-bond donors (Lipinski definition) is 0. The highest BCUT2D eigenvalue weighted by atomic mass is 16.5. The van der Waals surface area contributed by atoms with Gasteiger partial charge in [0.2, 0.25) is 5.78 Å². The molecule has 0 fully saturated rings. The molecule has 0 radical (unpaired) electrons. The van der Waals surface area contributed by atoms with E-state index in [0.717, 1.165) is 6.42 Å². The summed E-state index contributed by atoms with van der Waals surface area (Å²) in [7, 11) is 1.38. The fourth-order valence-electron chi connectivity index (χ4n) is 2.49. The van der Waals surface area contributed by atoms with Gasteiger partial charge in [0.25, 0.3) is 0 Å². The normalized spacial score (nSPS) is 13.3. The fourth-order valence-corrected chi connectivity index (χ4v) is 2.49. The summed E-state index contributed by atoms with van der Waals surface area (Å²) in [5, 5.41) is 0. The lowest BCUT2D eigenvalue weighted by Gasteiger charge is -2.15. The molecule has 1 aliphatic rings. The molecule has 0 aromatic heterocycles. The third-order valence-corrected chi connectivity index (χ3v) is 3.71. The van der Waals surface area contributed by atoms with E-state index in [-0.39, 0.29) is 17.3 Å². The summed E-state index contributed by atoms with van der Waals surface area (Å²) in [4.78, 5) is 24.2. The van der Waals surface area contributed by atoms with Crippen LogP contribution in [0.1, 0.15) is 26.3 Å². The number of fused-ring (bicyclic) bond motifs is 1. The zero-order valence-corrected chi connectivity index (χ0v) is 12.7. The maximum absolute atomic E-state index is 12.1. The lowest BCUT2D eigenvalue weighted by molar-refractivity contribution is 0.0916. The summed E-state index contributed by atoms with van der Waals surface area (Å²) in [6.07, 6.45) is 2.00. The zero-order valence-electron chi connectivity index (χ0n) is 12.7. The van der Waals surface area contributed by atoms with Crippen molar-refractivity contribution in [3.8, 4) is 5.75 Å². The molecule has 116 valence electrons. The molecule has 4 nitrogen and oxygen atoms in total. The second-order valence-electron chi connectivity index (χ2n) is 5.20. The Labute approximate surface area is 134 Å². The second-order valence-corrected chi connectivity index (χ2v) is 5.20. The van der Waals surface area contributed by atoms with Crippen molar-refractivity contribution >= 4 is 11.6 Å². The minimum Gasteiger partial charge on any atom is -0.493 e. The third-order valence-electron chi connectivity index (χ3n) is 3.71. The van der Waals surface area contributed by atoms with Gasteiger partial charge in [-0.25, -0.2) is 0 Å². The molecule has 3 rings (SSSR count). The number of Topliss-reactive ketones (excluding diaryl/α,β-unsaturated/α-hetero) is 1. The van der Waals surface area contributed by atoms with Crippen molar-refractivity contribution in [3.05, 3.63) is 77.1 Å². The highest BCUT2D eigenvalue weighted by Crippen LogP contribution is 2.25. The molecule has 4 heteroatoms. The largest absolute Gasteiger partial charge is 0.493 e. The van der Waals surface area contributed by atoms with Crippen molar-refractivity contribution in [1.29, 1.82) is 0 Å². The number of ketones is 2. The first kappa shape index (κ1) is 15.0. The number of methoxy groups -OCH3 is 1. The van der Waals surface area contributed by atoms with Crippen molar-refractivity contribution in [2.24, 2.45) is 0 Å². The van der Waals surface area contributed by atoms with Crippen molar-refractivity contribution in [1.82, 2.24) is 0 Å². The molecule has 0 spiro atoms. The molecule has 0 atom stereocenters. The summed E-state index contributed by atoms with van der Waals surface area (Å²) in [6, 6.07) is 14.9. The summed E-state index contributed by atoms with van der Waals surface area (Å²) in [6.45, 7) is 0.504. The van der Waals surface area contributed by atoms with Crippen LogP contribution < -0.4 is 4.74 Å². The van der Waals surface area contributed by atoms with Gasteiger partial charge in [0.1, 0.15) is 5.75 Å². The summed E-state index contributed by atoms with van der Waals surface area (Å²) < 4.78 is 10.6. The van der Waals surface area contributed by atoms with Gasteiger partial charge in [-0.15, -0.1) is 0 Å². The molecule has 0 saturated heterocycles. The van der Waals surface area contributed by atoms with Crippen molar-refractivity contribution in [2.75, 3.05) is 13.7 Å². The molecule has 0 heterocycles. The SMILES string of the molecule is COC1=CC(=O)c2cc(OCCc3ccccc3)ccc2C1=O. The number of carbonyl (C=O) groups excluding carboxylic acids is 2. The summed E-state index contributed by atoms with van der Waals surface area (Å²) in [5.41, 5.74) is 1.89. The van der Waals surface area contributed by atoms with E-state index in [1.165, 1.54) is 18.7 Å². The van der Waals surface area contributed by atoms with E-state index in [2.05, 4.69) is 0 Å². The lowest BCUT2D eigenvalue weighted by Crippen LogP contribution is -2.18. The number of carbonyl (C=O) groups is 2. The predicted molar refractivity (Wildman–Crippen MR) is 85.8 cm³/mol. The Morgan fingerprint density at radius 3 is 2.48 bits per heavy atom. The van der Waals surface area contributed by atoms with Gasteiger partial charge < -0.3 is 9.47 Å². The quantitative estimate of drug-likeness (QED) is 0.851. The first-order chi connectivity index (χ1) is 11.2. The third kappa shape index (κ3) is 3.16. The van der Waals surface area contributed by atoms with E-state index in [1.54, 1.807) is 18.2 Å². The van der Waals surface area contributed by atoms with Crippen LogP contribution in [0.15, 0.2) is 60.4 Å². The molecule has 0 saturated carbocycles. The van der Waals surface area contributed by atoms with E-state index < -0.39 is 0 Å². The van der Waals surface area contributed by atoms with E-state index in [4.69, 9.17) is 9.47 Å². The number of ether oxygens (including phenoxy) is 2. The number of benzene rings is 2. The monoisotopic (exact) mass is 308 g/mol. The number of allylic oxidation sites excluding steroid dienone is 2. The molecule has 23 heavy (non-hydrogen) atoms. The van der Waals surface area contributed by atoms with Crippen LogP contribution in [0.5, 0.6) is 5.75 Å². The van der Waals surface area contributed by atoms with E-state index in [9.17, 15) is 9.59 Å². The van der Waals surface area contributed by atoms with Crippen LogP contribution in [0.3, 0.4) is 0 Å². The molecular weight excluding hydrogens is 292 g/mol. The second kappa shape index (κ2) is 6.48. The van der Waals surface area contributed by atoms with Crippen LogP contribution in [0.4, 0.5) is 0 Å². The Morgan fingerprint density at radius 1 is 0.957 bits per heavy atom. The molecule has 2 aromatic rings. The van der Waals surface area contributed by atoms with Gasteiger partial charge in [-0.1, -0.05) is 30.3 Å².